The molecule has 0 unspecified atom stereocenters. The summed E-state index contributed by atoms with van der Waals surface area (Å²) in [7, 11) is 0. The predicted molar refractivity (Wildman–Crippen MR) is 114 cm³/mol. The highest BCUT2D eigenvalue weighted by Crippen LogP contribution is 2.34. The van der Waals surface area contributed by atoms with Gasteiger partial charge in [-0.15, -0.1) is 0 Å². The van der Waals surface area contributed by atoms with Crippen molar-refractivity contribution in [2.75, 3.05) is 18.1 Å². The first-order valence-corrected chi connectivity index (χ1v) is 11.0. The molecular weight excluding hydrogens is 503 g/mol. The van der Waals surface area contributed by atoms with E-state index in [0.29, 0.717) is 12.1 Å². The number of carbonyl (C=O) groups excluding carboxylic acids is 1. The summed E-state index contributed by atoms with van der Waals surface area (Å²) in [6.45, 7) is -0.322. The zero-order valence-electron chi connectivity index (χ0n) is 17.7. The minimum atomic E-state index is -5.20. The SMILES string of the molecule is CSc1nc(NC[C@H](OC(=O)C(F)(F)F)c2ccccc2)cc(-c2ccc(C(F)(F)F)c(F)c2)n1. The van der Waals surface area contributed by atoms with E-state index in [0.717, 1.165) is 17.8 Å². The maximum Gasteiger partial charge on any atom is 0.490 e. The van der Waals surface area contributed by atoms with E-state index in [1.165, 1.54) is 18.2 Å². The van der Waals surface area contributed by atoms with Crippen LogP contribution in [-0.2, 0) is 15.7 Å². The number of esters is 1. The Morgan fingerprint density at radius 1 is 1.03 bits per heavy atom. The lowest BCUT2D eigenvalue weighted by molar-refractivity contribution is -0.204. The van der Waals surface area contributed by atoms with E-state index in [9.17, 15) is 35.5 Å². The molecule has 0 bridgehead atoms. The van der Waals surface area contributed by atoms with Crippen molar-refractivity contribution < 1.29 is 40.3 Å². The van der Waals surface area contributed by atoms with Crippen molar-refractivity contribution in [2.45, 2.75) is 23.6 Å². The summed E-state index contributed by atoms with van der Waals surface area (Å²) in [5.41, 5.74) is -1.06. The molecule has 0 aliphatic carbocycles. The van der Waals surface area contributed by atoms with Gasteiger partial charge in [0, 0.05) is 11.6 Å². The highest BCUT2D eigenvalue weighted by atomic mass is 32.2. The number of anilines is 1. The van der Waals surface area contributed by atoms with Gasteiger partial charge in [0.2, 0.25) is 0 Å². The Hall–Kier alpha value is -3.35. The van der Waals surface area contributed by atoms with Gasteiger partial charge in [-0.2, -0.15) is 26.3 Å². The number of ether oxygens (including phenoxy) is 1. The molecule has 13 heteroatoms. The second-order valence-corrected chi connectivity index (χ2v) is 7.77. The minimum absolute atomic E-state index is 0.0272. The predicted octanol–water partition coefficient (Wildman–Crippen LogP) is 6.28. The van der Waals surface area contributed by atoms with Crippen molar-refractivity contribution in [1.82, 2.24) is 9.97 Å². The molecule has 0 saturated carbocycles. The molecule has 0 radical (unpaired) electrons. The molecule has 186 valence electrons. The van der Waals surface area contributed by atoms with Crippen molar-refractivity contribution in [3.8, 4) is 11.3 Å². The Bertz CT molecular complexity index is 1190. The molecular formula is C22H16F7N3O2S. The summed E-state index contributed by atoms with van der Waals surface area (Å²) < 4.78 is 95.5. The maximum atomic E-state index is 14.0. The van der Waals surface area contributed by atoms with Gasteiger partial charge in [-0.3, -0.25) is 0 Å². The summed E-state index contributed by atoms with van der Waals surface area (Å²) in [6, 6.07) is 11.3. The molecule has 0 aliphatic heterocycles. The first kappa shape index (κ1) is 26.3. The molecule has 3 aromatic rings. The highest BCUT2D eigenvalue weighted by Gasteiger charge is 2.42. The first-order chi connectivity index (χ1) is 16.4. The molecule has 1 heterocycles. The van der Waals surface area contributed by atoms with E-state index in [2.05, 4.69) is 20.0 Å². The molecule has 0 spiro atoms. The second kappa shape index (κ2) is 10.5. The number of aromatic nitrogens is 2. The van der Waals surface area contributed by atoms with Crippen LogP contribution >= 0.6 is 11.8 Å². The number of nitrogens with one attached hydrogen (secondary N) is 1. The molecule has 1 atom stereocenters. The van der Waals surface area contributed by atoms with Crippen LogP contribution in [0.1, 0.15) is 17.2 Å². The molecule has 5 nitrogen and oxygen atoms in total. The lowest BCUT2D eigenvalue weighted by atomic mass is 10.1. The molecule has 3 rings (SSSR count). The van der Waals surface area contributed by atoms with Gasteiger partial charge in [0.25, 0.3) is 0 Å². The average Bonchev–Trinajstić information content (AvgIpc) is 2.80. The van der Waals surface area contributed by atoms with Gasteiger partial charge in [0.05, 0.1) is 17.8 Å². The van der Waals surface area contributed by atoms with Crippen LogP contribution in [0.5, 0.6) is 0 Å². The standard InChI is InChI=1S/C22H16F7N3O2S/c1-35-20-31-16(13-7-8-14(15(23)9-13)21(24,25)26)10-18(32-20)30-11-17(12-5-3-2-4-6-12)34-19(33)22(27,28)29/h2-10,17H,11H2,1H3,(H,30,31,32)/t17-/m0/s1. The lowest BCUT2D eigenvalue weighted by Crippen LogP contribution is -2.29. The van der Waals surface area contributed by atoms with E-state index in [1.807, 2.05) is 0 Å². The quantitative estimate of drug-likeness (QED) is 0.172. The van der Waals surface area contributed by atoms with E-state index in [1.54, 1.807) is 24.5 Å². The van der Waals surface area contributed by atoms with Crippen LogP contribution in [0.25, 0.3) is 11.3 Å². The summed E-state index contributed by atoms with van der Waals surface area (Å²) in [5.74, 6) is -3.79. The number of rotatable bonds is 7. The summed E-state index contributed by atoms with van der Waals surface area (Å²) in [6.07, 6.45) is -9.79. The van der Waals surface area contributed by atoms with Crippen LogP contribution in [0.15, 0.2) is 59.8 Å². The monoisotopic (exact) mass is 519 g/mol. The molecule has 0 aliphatic rings. The van der Waals surface area contributed by atoms with E-state index in [4.69, 9.17) is 0 Å². The normalized spacial score (nSPS) is 12.8. The highest BCUT2D eigenvalue weighted by molar-refractivity contribution is 7.98. The number of hydrogen-bond acceptors (Lipinski definition) is 6. The van der Waals surface area contributed by atoms with E-state index >= 15 is 0 Å². The number of hydrogen-bond donors (Lipinski definition) is 1. The lowest BCUT2D eigenvalue weighted by Gasteiger charge is -2.20. The van der Waals surface area contributed by atoms with Crippen molar-refractivity contribution >= 4 is 23.5 Å². The van der Waals surface area contributed by atoms with E-state index < -0.39 is 35.8 Å². The van der Waals surface area contributed by atoms with Gasteiger partial charge in [-0.25, -0.2) is 19.2 Å². The third-order valence-electron chi connectivity index (χ3n) is 4.58. The number of benzene rings is 2. The van der Waals surface area contributed by atoms with Crippen LogP contribution in [0.2, 0.25) is 0 Å². The Morgan fingerprint density at radius 2 is 1.71 bits per heavy atom. The van der Waals surface area contributed by atoms with Crippen molar-refractivity contribution in [2.24, 2.45) is 0 Å². The van der Waals surface area contributed by atoms with Gasteiger partial charge in [-0.1, -0.05) is 48.2 Å². The smallest absolute Gasteiger partial charge is 0.449 e. The zero-order chi connectivity index (χ0) is 25.8. The van der Waals surface area contributed by atoms with Gasteiger partial charge in [-0.05, 0) is 24.0 Å². The topological polar surface area (TPSA) is 64.1 Å². The Labute approximate surface area is 198 Å². The Morgan fingerprint density at radius 3 is 2.29 bits per heavy atom. The van der Waals surface area contributed by atoms with Crippen molar-refractivity contribution in [3.63, 3.8) is 0 Å². The molecule has 0 saturated heterocycles. The van der Waals surface area contributed by atoms with Gasteiger partial charge in [0.1, 0.15) is 17.7 Å². The zero-order valence-corrected chi connectivity index (χ0v) is 18.6. The number of nitrogens with zero attached hydrogens (tertiary/aromatic N) is 2. The number of carbonyl (C=O) groups is 1. The minimum Gasteiger partial charge on any atom is -0.449 e. The third kappa shape index (κ3) is 6.84. The summed E-state index contributed by atoms with van der Waals surface area (Å²) >= 11 is 1.08. The fourth-order valence-corrected chi connectivity index (χ4v) is 3.33. The Kier molecular flexibility index (Phi) is 7.88. The molecule has 35 heavy (non-hydrogen) atoms. The van der Waals surface area contributed by atoms with Crippen LogP contribution < -0.4 is 5.32 Å². The molecule has 1 N–H and O–H groups in total. The van der Waals surface area contributed by atoms with Crippen LogP contribution in [0.4, 0.5) is 36.6 Å². The number of alkyl halides is 6. The van der Waals surface area contributed by atoms with Crippen LogP contribution in [-0.4, -0.2) is 34.9 Å². The molecule has 0 amide bonds. The van der Waals surface area contributed by atoms with Crippen molar-refractivity contribution in [3.05, 3.63) is 71.5 Å². The van der Waals surface area contributed by atoms with Gasteiger partial charge in [0.15, 0.2) is 5.16 Å². The first-order valence-electron chi connectivity index (χ1n) is 9.75. The van der Waals surface area contributed by atoms with Gasteiger partial charge < -0.3 is 10.1 Å². The van der Waals surface area contributed by atoms with E-state index in [-0.39, 0.29) is 34.3 Å². The van der Waals surface area contributed by atoms with Gasteiger partial charge >= 0.3 is 18.3 Å². The fourth-order valence-electron chi connectivity index (χ4n) is 2.95. The van der Waals surface area contributed by atoms with Crippen molar-refractivity contribution in [1.29, 1.82) is 0 Å². The van der Waals surface area contributed by atoms with Crippen LogP contribution in [0.3, 0.4) is 0 Å². The number of halogens is 7. The molecule has 1 aromatic heterocycles. The summed E-state index contributed by atoms with van der Waals surface area (Å²) in [4.78, 5) is 19.7. The maximum absolute atomic E-state index is 14.0. The average molecular weight is 519 g/mol. The molecule has 0 fully saturated rings. The largest absolute Gasteiger partial charge is 0.490 e. The summed E-state index contributed by atoms with van der Waals surface area (Å²) in [5, 5.41) is 2.91. The van der Waals surface area contributed by atoms with Crippen LogP contribution in [0, 0.1) is 5.82 Å². The second-order valence-electron chi connectivity index (χ2n) is 7.00. The third-order valence-corrected chi connectivity index (χ3v) is 5.13. The fraction of sp³-hybridized carbons (Fsp3) is 0.227. The number of thioether (sulfide) groups is 1. The Balaban J connectivity index is 1.88. The molecule has 2 aromatic carbocycles.